The van der Waals surface area contributed by atoms with Crippen molar-refractivity contribution in [1.29, 1.82) is 0 Å². The highest BCUT2D eigenvalue weighted by molar-refractivity contribution is 9.10. The van der Waals surface area contributed by atoms with Gasteiger partial charge >= 0.3 is 0 Å². The molecule has 1 amide bonds. The number of nitrogens with one attached hydrogen (secondary N) is 1. The van der Waals surface area contributed by atoms with Gasteiger partial charge in [-0.1, -0.05) is 35.0 Å². The minimum Gasteiger partial charge on any atom is -0.354 e. The Labute approximate surface area is 152 Å². The van der Waals surface area contributed by atoms with Crippen LogP contribution in [-0.4, -0.2) is 31.8 Å². The van der Waals surface area contributed by atoms with Crippen LogP contribution in [0.1, 0.15) is 18.9 Å². The number of rotatable bonds is 6. The molecule has 130 valence electrons. The molecule has 0 atom stereocenters. The molecule has 0 fully saturated rings. The van der Waals surface area contributed by atoms with Crippen LogP contribution in [0.5, 0.6) is 0 Å². The van der Waals surface area contributed by atoms with Crippen molar-refractivity contribution in [3.8, 4) is 0 Å². The Kier molecular flexibility index (Phi) is 5.28. The molecule has 0 saturated heterocycles. The molecule has 0 aliphatic carbocycles. The fourth-order valence-electron chi connectivity index (χ4n) is 2.49. The van der Waals surface area contributed by atoms with Crippen LogP contribution in [0.3, 0.4) is 0 Å². The number of nitrogens with zero attached hydrogens (tertiary/aromatic N) is 4. The highest BCUT2D eigenvalue weighted by Crippen LogP contribution is 2.11. The van der Waals surface area contributed by atoms with Gasteiger partial charge in [0.15, 0.2) is 5.65 Å². The monoisotopic (exact) mass is 403 g/mol. The molecule has 0 bridgehead atoms. The Hall–Kier alpha value is -2.48. The van der Waals surface area contributed by atoms with E-state index in [0.29, 0.717) is 37.1 Å². The molecular formula is C17H18BrN5O2. The largest absolute Gasteiger partial charge is 0.354 e. The van der Waals surface area contributed by atoms with E-state index in [9.17, 15) is 9.59 Å². The van der Waals surface area contributed by atoms with Crippen molar-refractivity contribution in [3.63, 3.8) is 0 Å². The predicted octanol–water partition coefficient (Wildman–Crippen LogP) is 1.93. The van der Waals surface area contributed by atoms with Crippen molar-refractivity contribution in [1.82, 2.24) is 24.6 Å². The van der Waals surface area contributed by atoms with Crippen LogP contribution in [0.15, 0.2) is 46.1 Å². The number of carbonyl (C=O) groups excluding carboxylic acids is 1. The predicted molar refractivity (Wildman–Crippen MR) is 98.3 cm³/mol. The van der Waals surface area contributed by atoms with Crippen molar-refractivity contribution < 1.29 is 4.79 Å². The fourth-order valence-corrected chi connectivity index (χ4v) is 2.75. The summed E-state index contributed by atoms with van der Waals surface area (Å²) in [6.07, 6.45) is 3.51. The van der Waals surface area contributed by atoms with Gasteiger partial charge in [-0.3, -0.25) is 14.2 Å². The lowest BCUT2D eigenvalue weighted by atomic mass is 10.2. The van der Waals surface area contributed by atoms with E-state index in [1.165, 1.54) is 12.5 Å². The molecule has 8 heteroatoms. The van der Waals surface area contributed by atoms with Crippen LogP contribution < -0.4 is 10.9 Å². The Morgan fingerprint density at radius 3 is 2.76 bits per heavy atom. The van der Waals surface area contributed by atoms with Crippen molar-refractivity contribution >= 4 is 32.9 Å². The highest BCUT2D eigenvalue weighted by atomic mass is 79.9. The maximum atomic E-state index is 12.6. The van der Waals surface area contributed by atoms with Crippen molar-refractivity contribution in [2.75, 3.05) is 6.54 Å². The van der Waals surface area contributed by atoms with Crippen LogP contribution in [-0.2, 0) is 17.9 Å². The Balaban J connectivity index is 1.80. The molecule has 0 saturated carbocycles. The van der Waals surface area contributed by atoms with E-state index in [1.54, 1.807) is 16.2 Å². The maximum Gasteiger partial charge on any atom is 0.264 e. The third-order valence-electron chi connectivity index (χ3n) is 3.86. The normalized spacial score (nSPS) is 11.0. The number of hydrogen-bond donors (Lipinski definition) is 1. The minimum atomic E-state index is -0.128. The molecule has 3 aromatic rings. The molecule has 0 aliphatic rings. The van der Waals surface area contributed by atoms with Crippen LogP contribution in [0.4, 0.5) is 0 Å². The van der Waals surface area contributed by atoms with Gasteiger partial charge < -0.3 is 5.32 Å². The van der Waals surface area contributed by atoms with E-state index < -0.39 is 0 Å². The summed E-state index contributed by atoms with van der Waals surface area (Å²) in [6, 6.07) is 7.80. The molecule has 0 unspecified atom stereocenters. The molecule has 1 N–H and O–H groups in total. The van der Waals surface area contributed by atoms with Gasteiger partial charge in [-0.25, -0.2) is 9.67 Å². The Morgan fingerprint density at radius 2 is 2.04 bits per heavy atom. The summed E-state index contributed by atoms with van der Waals surface area (Å²) in [5, 5.41) is 7.48. The zero-order valence-corrected chi connectivity index (χ0v) is 15.4. The Bertz CT molecular complexity index is 946. The highest BCUT2D eigenvalue weighted by Gasteiger charge is 2.10. The summed E-state index contributed by atoms with van der Waals surface area (Å²) in [6.45, 7) is 3.17. The van der Waals surface area contributed by atoms with Gasteiger partial charge in [0.1, 0.15) is 11.7 Å². The number of halogens is 1. The van der Waals surface area contributed by atoms with Crippen LogP contribution >= 0.6 is 15.9 Å². The number of hydrogen-bond acceptors (Lipinski definition) is 4. The van der Waals surface area contributed by atoms with Gasteiger partial charge in [0.2, 0.25) is 5.91 Å². The lowest BCUT2D eigenvalue weighted by molar-refractivity contribution is -0.120. The van der Waals surface area contributed by atoms with Crippen molar-refractivity contribution in [3.05, 3.63) is 57.2 Å². The van der Waals surface area contributed by atoms with Crippen molar-refractivity contribution in [2.24, 2.45) is 0 Å². The number of carbonyl (C=O) groups is 1. The second kappa shape index (κ2) is 7.60. The maximum absolute atomic E-state index is 12.6. The SMILES string of the molecule is CCC(=O)NCCn1ncc2c(=O)n(Cc3ccc(Br)cc3)cnc21. The lowest BCUT2D eigenvalue weighted by Crippen LogP contribution is -2.27. The fraction of sp³-hybridized carbons (Fsp3) is 0.294. The van der Waals surface area contributed by atoms with Crippen LogP contribution in [0.25, 0.3) is 11.0 Å². The summed E-state index contributed by atoms with van der Waals surface area (Å²) in [5.41, 5.74) is 1.42. The van der Waals surface area contributed by atoms with Gasteiger partial charge in [-0.2, -0.15) is 5.10 Å². The van der Waals surface area contributed by atoms with E-state index in [4.69, 9.17) is 0 Å². The second-order valence-electron chi connectivity index (χ2n) is 5.61. The lowest BCUT2D eigenvalue weighted by Gasteiger charge is -2.07. The summed E-state index contributed by atoms with van der Waals surface area (Å²) < 4.78 is 4.20. The first-order valence-corrected chi connectivity index (χ1v) is 8.80. The third kappa shape index (κ3) is 3.96. The zero-order chi connectivity index (χ0) is 17.8. The van der Waals surface area contributed by atoms with E-state index in [1.807, 2.05) is 24.3 Å². The van der Waals surface area contributed by atoms with E-state index in [0.717, 1.165) is 10.0 Å². The van der Waals surface area contributed by atoms with Gasteiger partial charge in [0, 0.05) is 17.4 Å². The molecule has 7 nitrogen and oxygen atoms in total. The van der Waals surface area contributed by atoms with Gasteiger partial charge in [-0.15, -0.1) is 0 Å². The van der Waals surface area contributed by atoms with Gasteiger partial charge in [-0.05, 0) is 17.7 Å². The molecule has 0 radical (unpaired) electrons. The third-order valence-corrected chi connectivity index (χ3v) is 4.38. The first-order valence-electron chi connectivity index (χ1n) is 8.00. The summed E-state index contributed by atoms with van der Waals surface area (Å²) in [7, 11) is 0. The first kappa shape index (κ1) is 17.3. The first-order chi connectivity index (χ1) is 12.1. The number of aromatic nitrogens is 4. The number of amides is 1. The van der Waals surface area contributed by atoms with Gasteiger partial charge in [0.25, 0.3) is 5.56 Å². The summed E-state index contributed by atoms with van der Waals surface area (Å²) in [4.78, 5) is 28.3. The molecule has 0 aliphatic heterocycles. The van der Waals surface area contributed by atoms with E-state index in [2.05, 4.69) is 31.3 Å². The Morgan fingerprint density at radius 1 is 1.28 bits per heavy atom. The standard InChI is InChI=1S/C17H18BrN5O2/c1-2-15(24)19-7-8-23-16-14(9-21-23)17(25)22(11-20-16)10-12-3-5-13(18)6-4-12/h3-6,9,11H,2,7-8,10H2,1H3,(H,19,24). The quantitative estimate of drug-likeness (QED) is 0.681. The second-order valence-corrected chi connectivity index (χ2v) is 6.53. The summed E-state index contributed by atoms with van der Waals surface area (Å²) in [5.74, 6) is -0.0127. The van der Waals surface area contributed by atoms with Gasteiger partial charge in [0.05, 0.1) is 19.3 Å². The smallest absolute Gasteiger partial charge is 0.264 e. The average molecular weight is 404 g/mol. The van der Waals surface area contributed by atoms with E-state index >= 15 is 0 Å². The van der Waals surface area contributed by atoms with Crippen molar-refractivity contribution in [2.45, 2.75) is 26.4 Å². The summed E-state index contributed by atoms with van der Waals surface area (Å²) >= 11 is 3.40. The minimum absolute atomic E-state index is 0.0127. The van der Waals surface area contributed by atoms with Crippen LogP contribution in [0.2, 0.25) is 0 Å². The molecule has 25 heavy (non-hydrogen) atoms. The number of benzene rings is 1. The molecule has 3 rings (SSSR count). The number of fused-ring (bicyclic) bond motifs is 1. The molecule has 1 aromatic carbocycles. The molecular weight excluding hydrogens is 386 g/mol. The molecule has 0 spiro atoms. The average Bonchev–Trinajstić information content (AvgIpc) is 3.03. The molecule has 2 aromatic heterocycles. The zero-order valence-electron chi connectivity index (χ0n) is 13.8. The van der Waals surface area contributed by atoms with Crippen LogP contribution in [0, 0.1) is 0 Å². The molecule has 2 heterocycles. The topological polar surface area (TPSA) is 81.8 Å². The van der Waals surface area contributed by atoms with E-state index in [-0.39, 0.29) is 11.5 Å².